The second-order valence-corrected chi connectivity index (χ2v) is 6.58. The molecule has 7 nitrogen and oxygen atoms in total. The number of likely N-dealkylation sites (N-methyl/N-ethyl adjacent to an activating group) is 1. The number of guanidine groups is 1. The molecule has 0 radical (unpaired) electrons. The zero-order valence-electron chi connectivity index (χ0n) is 17.6. The molecule has 1 aromatic carbocycles. The summed E-state index contributed by atoms with van der Waals surface area (Å²) in [4.78, 5) is 18.9. The summed E-state index contributed by atoms with van der Waals surface area (Å²) in [5, 5.41) is 9.41. The number of nitrogens with one attached hydrogen (secondary N) is 3. The van der Waals surface area contributed by atoms with Gasteiger partial charge in [0.25, 0.3) is 0 Å². The summed E-state index contributed by atoms with van der Waals surface area (Å²) < 4.78 is 5.22. The van der Waals surface area contributed by atoms with Crippen LogP contribution in [0.2, 0.25) is 0 Å². The first-order valence-corrected chi connectivity index (χ1v) is 10.3. The lowest BCUT2D eigenvalue weighted by Gasteiger charge is -2.30. The molecule has 29 heavy (non-hydrogen) atoms. The number of carbonyl (C=O) groups excluding carboxylic acids is 1. The molecule has 0 saturated heterocycles. The van der Waals surface area contributed by atoms with Gasteiger partial charge in [0.1, 0.15) is 12.3 Å². The van der Waals surface area contributed by atoms with E-state index in [0.29, 0.717) is 19.0 Å². The Morgan fingerprint density at radius 2 is 1.79 bits per heavy atom. The number of rotatable bonds is 11. The van der Waals surface area contributed by atoms with Crippen LogP contribution >= 0.6 is 0 Å². The van der Waals surface area contributed by atoms with Gasteiger partial charge in [-0.15, -0.1) is 0 Å². The maximum atomic E-state index is 12.1. The molecule has 1 atom stereocenters. The Morgan fingerprint density at radius 3 is 2.41 bits per heavy atom. The summed E-state index contributed by atoms with van der Waals surface area (Å²) in [7, 11) is 0. The third kappa shape index (κ3) is 7.62. The van der Waals surface area contributed by atoms with Crippen molar-refractivity contribution in [3.8, 4) is 0 Å². The van der Waals surface area contributed by atoms with Crippen molar-refractivity contribution in [2.45, 2.75) is 33.4 Å². The van der Waals surface area contributed by atoms with E-state index in [1.807, 2.05) is 19.1 Å². The molecule has 7 heteroatoms. The third-order valence-electron chi connectivity index (χ3n) is 4.67. The average molecular weight is 400 g/mol. The van der Waals surface area contributed by atoms with E-state index >= 15 is 0 Å². The first-order valence-electron chi connectivity index (χ1n) is 10.3. The van der Waals surface area contributed by atoms with Crippen LogP contribution in [0.4, 0.5) is 0 Å². The Balaban J connectivity index is 1.95. The molecule has 0 saturated carbocycles. The van der Waals surface area contributed by atoms with Crippen LogP contribution in [0.3, 0.4) is 0 Å². The first-order chi connectivity index (χ1) is 14.2. The van der Waals surface area contributed by atoms with Gasteiger partial charge in [0.05, 0.1) is 18.8 Å². The van der Waals surface area contributed by atoms with Gasteiger partial charge in [-0.3, -0.25) is 9.69 Å². The van der Waals surface area contributed by atoms with Crippen molar-refractivity contribution >= 4 is 11.9 Å². The molecular weight excluding hydrogens is 366 g/mol. The lowest BCUT2D eigenvalue weighted by Crippen LogP contribution is -2.43. The molecule has 1 heterocycles. The molecule has 3 N–H and O–H groups in total. The van der Waals surface area contributed by atoms with Crippen molar-refractivity contribution in [1.82, 2.24) is 20.9 Å². The van der Waals surface area contributed by atoms with E-state index in [2.05, 4.69) is 64.0 Å². The Bertz CT molecular complexity index is 727. The van der Waals surface area contributed by atoms with Crippen LogP contribution in [0.5, 0.6) is 0 Å². The fourth-order valence-electron chi connectivity index (χ4n) is 3.14. The molecule has 0 aliphatic carbocycles. The highest BCUT2D eigenvalue weighted by molar-refractivity contribution is 5.84. The van der Waals surface area contributed by atoms with Crippen LogP contribution in [-0.2, 0) is 11.3 Å². The van der Waals surface area contributed by atoms with E-state index < -0.39 is 0 Å². The van der Waals surface area contributed by atoms with E-state index in [-0.39, 0.29) is 18.5 Å². The number of carbonyl (C=O) groups is 1. The zero-order chi connectivity index (χ0) is 20.9. The van der Waals surface area contributed by atoms with Crippen LogP contribution in [-0.4, -0.2) is 49.5 Å². The van der Waals surface area contributed by atoms with Gasteiger partial charge < -0.3 is 20.4 Å². The largest absolute Gasteiger partial charge is 0.467 e. The molecule has 0 fully saturated rings. The molecule has 1 aromatic heterocycles. The lowest BCUT2D eigenvalue weighted by atomic mass is 10.1. The first kappa shape index (κ1) is 22.5. The summed E-state index contributed by atoms with van der Waals surface area (Å²) in [6.07, 6.45) is 1.59. The summed E-state index contributed by atoms with van der Waals surface area (Å²) in [6.45, 7) is 10.1. The monoisotopic (exact) mass is 399 g/mol. The number of nitrogens with zero attached hydrogens (tertiary/aromatic N) is 2. The van der Waals surface area contributed by atoms with Gasteiger partial charge in [0, 0.05) is 13.1 Å². The highest BCUT2D eigenvalue weighted by Crippen LogP contribution is 2.19. The van der Waals surface area contributed by atoms with E-state index in [0.717, 1.165) is 25.4 Å². The van der Waals surface area contributed by atoms with Crippen molar-refractivity contribution in [2.24, 2.45) is 4.99 Å². The quantitative estimate of drug-likeness (QED) is 0.400. The number of hydrogen-bond donors (Lipinski definition) is 3. The van der Waals surface area contributed by atoms with Gasteiger partial charge in [0.2, 0.25) is 5.91 Å². The Kier molecular flexibility index (Phi) is 9.78. The van der Waals surface area contributed by atoms with Crippen LogP contribution in [0, 0.1) is 0 Å². The minimum absolute atomic E-state index is 0.0529. The van der Waals surface area contributed by atoms with Crippen molar-refractivity contribution in [3.63, 3.8) is 0 Å². The van der Waals surface area contributed by atoms with E-state index in [1.54, 1.807) is 12.3 Å². The molecule has 0 aliphatic rings. The van der Waals surface area contributed by atoms with Gasteiger partial charge in [-0.2, -0.15) is 0 Å². The fraction of sp³-hybridized carbons (Fsp3) is 0.455. The standard InChI is InChI=1S/C22H33N5O2/c1-4-23-22(26-17-21(28)24-15-19-13-10-14-29-19)25-16-20(27(5-2)6-3)18-11-8-7-9-12-18/h7-14,20H,4-6,15-17H2,1-3H3,(H,24,28)(H2,23,25,26). The molecule has 0 spiro atoms. The van der Waals surface area contributed by atoms with E-state index in [4.69, 9.17) is 4.42 Å². The molecule has 2 rings (SSSR count). The smallest absolute Gasteiger partial charge is 0.242 e. The Morgan fingerprint density at radius 1 is 1.03 bits per heavy atom. The van der Waals surface area contributed by atoms with Crippen molar-refractivity contribution in [3.05, 3.63) is 60.1 Å². The maximum absolute atomic E-state index is 12.1. The Labute approximate surface area is 173 Å². The Hall–Kier alpha value is -2.80. The summed E-state index contributed by atoms with van der Waals surface area (Å²) in [5.41, 5.74) is 1.26. The second kappa shape index (κ2) is 12.6. The van der Waals surface area contributed by atoms with Crippen LogP contribution in [0.25, 0.3) is 0 Å². The summed E-state index contributed by atoms with van der Waals surface area (Å²) >= 11 is 0. The second-order valence-electron chi connectivity index (χ2n) is 6.58. The molecular formula is C22H33N5O2. The van der Waals surface area contributed by atoms with E-state index in [1.165, 1.54) is 5.56 Å². The number of amides is 1. The van der Waals surface area contributed by atoms with Gasteiger partial charge in [-0.05, 0) is 37.7 Å². The van der Waals surface area contributed by atoms with Gasteiger partial charge >= 0.3 is 0 Å². The minimum Gasteiger partial charge on any atom is -0.467 e. The third-order valence-corrected chi connectivity index (χ3v) is 4.67. The zero-order valence-corrected chi connectivity index (χ0v) is 17.6. The van der Waals surface area contributed by atoms with Gasteiger partial charge in [-0.25, -0.2) is 4.99 Å². The number of benzene rings is 1. The molecule has 0 bridgehead atoms. The predicted molar refractivity (Wildman–Crippen MR) is 117 cm³/mol. The van der Waals surface area contributed by atoms with Gasteiger partial charge in [-0.1, -0.05) is 44.2 Å². The minimum atomic E-state index is -0.151. The maximum Gasteiger partial charge on any atom is 0.242 e. The summed E-state index contributed by atoms with van der Waals surface area (Å²) in [5.74, 6) is 1.20. The molecule has 1 amide bonds. The van der Waals surface area contributed by atoms with Crippen molar-refractivity contribution in [2.75, 3.05) is 32.7 Å². The molecule has 0 aliphatic heterocycles. The normalized spacial score (nSPS) is 12.6. The van der Waals surface area contributed by atoms with Crippen LogP contribution in [0.15, 0.2) is 58.1 Å². The van der Waals surface area contributed by atoms with E-state index in [9.17, 15) is 4.79 Å². The summed E-state index contributed by atoms with van der Waals surface area (Å²) in [6, 6.07) is 14.3. The van der Waals surface area contributed by atoms with Crippen LogP contribution in [0.1, 0.15) is 38.1 Å². The van der Waals surface area contributed by atoms with Crippen molar-refractivity contribution in [1.29, 1.82) is 0 Å². The lowest BCUT2D eigenvalue weighted by molar-refractivity contribution is -0.119. The highest BCUT2D eigenvalue weighted by atomic mass is 16.3. The number of aliphatic imine (C=N–C) groups is 1. The highest BCUT2D eigenvalue weighted by Gasteiger charge is 2.18. The van der Waals surface area contributed by atoms with Gasteiger partial charge in [0.15, 0.2) is 5.96 Å². The SMILES string of the molecule is CCNC(=NCC(=O)NCc1ccco1)NCC(c1ccccc1)N(CC)CC. The molecule has 158 valence electrons. The molecule has 1 unspecified atom stereocenters. The number of furan rings is 1. The topological polar surface area (TPSA) is 81.9 Å². The fourth-order valence-corrected chi connectivity index (χ4v) is 3.14. The number of hydrogen-bond acceptors (Lipinski definition) is 4. The molecule has 2 aromatic rings. The predicted octanol–water partition coefficient (Wildman–Crippen LogP) is 2.53. The van der Waals surface area contributed by atoms with Crippen molar-refractivity contribution < 1.29 is 9.21 Å². The van der Waals surface area contributed by atoms with Crippen LogP contribution < -0.4 is 16.0 Å². The average Bonchev–Trinajstić information content (AvgIpc) is 3.27.